The topological polar surface area (TPSA) is 78.7 Å². The lowest BCUT2D eigenvalue weighted by Crippen LogP contribution is -2.48. The van der Waals surface area contributed by atoms with Crippen molar-refractivity contribution in [1.29, 1.82) is 0 Å². The Morgan fingerprint density at radius 2 is 1.96 bits per heavy atom. The number of hydrogen-bond donors (Lipinski definition) is 2. The first-order chi connectivity index (χ1) is 12.7. The Balaban J connectivity index is 1.88. The van der Waals surface area contributed by atoms with Crippen molar-refractivity contribution in [1.82, 2.24) is 10.2 Å². The van der Waals surface area contributed by atoms with Gasteiger partial charge in [-0.1, -0.05) is 0 Å². The van der Waals surface area contributed by atoms with Crippen molar-refractivity contribution in [2.24, 2.45) is 0 Å². The number of phenols is 1. The lowest BCUT2D eigenvalue weighted by atomic mass is 10.0. The summed E-state index contributed by atoms with van der Waals surface area (Å²) in [4.78, 5) is 1.92. The number of morpholine rings is 1. The molecular formula is C18H20F3N3O3. The molecule has 1 aliphatic heterocycles. The average Bonchev–Trinajstić information content (AvgIpc) is 2.60. The molecule has 0 saturated carbocycles. The van der Waals surface area contributed by atoms with Crippen LogP contribution >= 0.6 is 0 Å². The molecule has 0 bridgehead atoms. The Bertz CT molecular complexity index is 789. The van der Waals surface area contributed by atoms with Crippen molar-refractivity contribution in [2.75, 3.05) is 24.6 Å². The summed E-state index contributed by atoms with van der Waals surface area (Å²) >= 11 is 0. The lowest BCUT2D eigenvalue weighted by molar-refractivity contribution is -0.137. The van der Waals surface area contributed by atoms with E-state index in [1.165, 1.54) is 6.92 Å². The highest BCUT2D eigenvalue weighted by atomic mass is 19.4. The molecule has 0 aliphatic carbocycles. The summed E-state index contributed by atoms with van der Waals surface area (Å²) in [6.07, 6.45) is -4.94. The minimum absolute atomic E-state index is 0.0846. The van der Waals surface area contributed by atoms with Gasteiger partial charge in [-0.15, -0.1) is 10.2 Å². The van der Waals surface area contributed by atoms with E-state index in [0.29, 0.717) is 25.0 Å². The first-order valence-corrected chi connectivity index (χ1v) is 8.45. The molecule has 0 unspecified atom stereocenters. The van der Waals surface area contributed by atoms with Crippen LogP contribution in [0.25, 0.3) is 11.3 Å². The number of rotatable bonds is 3. The highest BCUT2D eigenvalue weighted by molar-refractivity contribution is 5.71. The molecule has 146 valence electrons. The smallest absolute Gasteiger partial charge is 0.416 e. The summed E-state index contributed by atoms with van der Waals surface area (Å²) in [6.45, 7) is 4.30. The molecule has 0 amide bonds. The second-order valence-corrected chi connectivity index (χ2v) is 6.62. The molecule has 9 heteroatoms. The third kappa shape index (κ3) is 4.14. The van der Waals surface area contributed by atoms with Crippen LogP contribution in [0.15, 0.2) is 24.3 Å². The zero-order valence-corrected chi connectivity index (χ0v) is 14.9. The highest BCUT2D eigenvalue weighted by Crippen LogP contribution is 2.38. The number of nitrogens with zero attached hydrogens (tertiary/aromatic N) is 3. The molecule has 1 aromatic heterocycles. The predicted octanol–water partition coefficient (Wildman–Crippen LogP) is 2.76. The maximum Gasteiger partial charge on any atom is 0.416 e. The predicted molar refractivity (Wildman–Crippen MR) is 92.5 cm³/mol. The summed E-state index contributed by atoms with van der Waals surface area (Å²) < 4.78 is 44.2. The number of halogens is 3. The van der Waals surface area contributed by atoms with Crippen molar-refractivity contribution in [3.8, 4) is 17.0 Å². The fraction of sp³-hybridized carbons (Fsp3) is 0.444. The van der Waals surface area contributed by atoms with E-state index in [1.54, 1.807) is 12.1 Å². The molecule has 1 aliphatic rings. The van der Waals surface area contributed by atoms with Crippen LogP contribution in [0.3, 0.4) is 0 Å². The number of aryl methyl sites for hydroxylation is 1. The summed E-state index contributed by atoms with van der Waals surface area (Å²) in [6, 6.07) is 4.95. The van der Waals surface area contributed by atoms with Crippen molar-refractivity contribution < 1.29 is 28.1 Å². The molecule has 1 aromatic carbocycles. The number of aliphatic hydroxyl groups excluding tert-OH is 1. The number of hydrogen-bond acceptors (Lipinski definition) is 6. The number of alkyl halides is 3. The number of aromatic nitrogens is 2. The zero-order valence-electron chi connectivity index (χ0n) is 14.9. The standard InChI is InChI=1S/C18H20F3N3O3/c1-10-5-12(18(19,20)21)6-15(26)17(10)14-3-4-16(23-22-14)24-7-11(2)27-13(8-24)9-25/h3-6,11,13,25-26H,7-9H2,1-2H3/t11-,13-/m1/s1. The molecule has 1 saturated heterocycles. The van der Waals surface area contributed by atoms with Gasteiger partial charge in [0.1, 0.15) is 5.75 Å². The quantitative estimate of drug-likeness (QED) is 0.849. The number of benzene rings is 1. The summed E-state index contributed by atoms with van der Waals surface area (Å²) in [7, 11) is 0. The number of aromatic hydroxyl groups is 1. The third-order valence-corrected chi connectivity index (χ3v) is 4.40. The molecule has 1 fully saturated rings. The van der Waals surface area contributed by atoms with Crippen molar-refractivity contribution in [2.45, 2.75) is 32.2 Å². The average molecular weight is 383 g/mol. The van der Waals surface area contributed by atoms with Gasteiger partial charge in [0.2, 0.25) is 0 Å². The van der Waals surface area contributed by atoms with Gasteiger partial charge < -0.3 is 19.8 Å². The van der Waals surface area contributed by atoms with Gasteiger partial charge in [0.05, 0.1) is 30.1 Å². The van der Waals surface area contributed by atoms with Crippen LogP contribution in [0.5, 0.6) is 5.75 Å². The van der Waals surface area contributed by atoms with E-state index in [4.69, 9.17) is 4.74 Å². The Labute approximate surface area is 154 Å². The summed E-state index contributed by atoms with van der Waals surface area (Å²) in [5.41, 5.74) is -0.166. The van der Waals surface area contributed by atoms with Crippen LogP contribution in [0.2, 0.25) is 0 Å². The van der Waals surface area contributed by atoms with Crippen LogP contribution in [0.4, 0.5) is 19.0 Å². The second-order valence-electron chi connectivity index (χ2n) is 6.62. The fourth-order valence-corrected chi connectivity index (χ4v) is 3.23. The first kappa shape index (κ1) is 19.4. The van der Waals surface area contributed by atoms with E-state index < -0.39 is 17.5 Å². The largest absolute Gasteiger partial charge is 0.507 e. The van der Waals surface area contributed by atoms with Crippen LogP contribution < -0.4 is 4.90 Å². The van der Waals surface area contributed by atoms with Gasteiger partial charge in [-0.2, -0.15) is 13.2 Å². The molecule has 0 radical (unpaired) electrons. The van der Waals surface area contributed by atoms with Crippen LogP contribution in [-0.4, -0.2) is 52.3 Å². The SMILES string of the molecule is Cc1cc(C(F)(F)F)cc(O)c1-c1ccc(N2C[C@H](CO)O[C@H](C)C2)nn1. The van der Waals surface area contributed by atoms with Gasteiger partial charge in [-0.05, 0) is 43.7 Å². The molecule has 2 N–H and O–H groups in total. The second kappa shape index (κ2) is 7.32. The van der Waals surface area contributed by atoms with Crippen LogP contribution in [0, 0.1) is 6.92 Å². The Morgan fingerprint density at radius 1 is 1.22 bits per heavy atom. The normalized spacial score (nSPS) is 20.7. The van der Waals surface area contributed by atoms with Gasteiger partial charge in [-0.3, -0.25) is 0 Å². The fourth-order valence-electron chi connectivity index (χ4n) is 3.23. The maximum absolute atomic E-state index is 12.9. The van der Waals surface area contributed by atoms with E-state index in [-0.39, 0.29) is 35.6 Å². The third-order valence-electron chi connectivity index (χ3n) is 4.40. The van der Waals surface area contributed by atoms with E-state index in [0.717, 1.165) is 6.07 Å². The monoisotopic (exact) mass is 383 g/mol. The van der Waals surface area contributed by atoms with Crippen LogP contribution in [0.1, 0.15) is 18.1 Å². The molecule has 6 nitrogen and oxygen atoms in total. The van der Waals surface area contributed by atoms with E-state index in [2.05, 4.69) is 10.2 Å². The molecule has 2 aromatic rings. The Morgan fingerprint density at radius 3 is 2.52 bits per heavy atom. The van der Waals surface area contributed by atoms with E-state index in [9.17, 15) is 23.4 Å². The number of aliphatic hydroxyl groups is 1. The number of phenolic OH excluding ortho intramolecular Hbond substituents is 1. The van der Waals surface area contributed by atoms with E-state index in [1.807, 2.05) is 11.8 Å². The van der Waals surface area contributed by atoms with Gasteiger partial charge in [0.15, 0.2) is 5.82 Å². The van der Waals surface area contributed by atoms with Crippen molar-refractivity contribution >= 4 is 5.82 Å². The molecule has 2 atom stereocenters. The van der Waals surface area contributed by atoms with Crippen molar-refractivity contribution in [3.05, 3.63) is 35.4 Å². The maximum atomic E-state index is 12.9. The number of anilines is 1. The first-order valence-electron chi connectivity index (χ1n) is 8.45. The summed E-state index contributed by atoms with van der Waals surface area (Å²) in [5, 5.41) is 27.6. The molecule has 27 heavy (non-hydrogen) atoms. The lowest BCUT2D eigenvalue weighted by Gasteiger charge is -2.36. The molecule has 2 heterocycles. The zero-order chi connectivity index (χ0) is 19.8. The van der Waals surface area contributed by atoms with Crippen LogP contribution in [-0.2, 0) is 10.9 Å². The Hall–Kier alpha value is -2.39. The number of ether oxygens (including phenoxy) is 1. The van der Waals surface area contributed by atoms with Gasteiger partial charge in [-0.25, -0.2) is 0 Å². The molecule has 3 rings (SSSR count). The Kier molecular flexibility index (Phi) is 5.25. The van der Waals surface area contributed by atoms with Gasteiger partial charge in [0, 0.05) is 18.7 Å². The van der Waals surface area contributed by atoms with Gasteiger partial charge in [0.25, 0.3) is 0 Å². The highest BCUT2D eigenvalue weighted by Gasteiger charge is 2.32. The minimum Gasteiger partial charge on any atom is -0.507 e. The minimum atomic E-state index is -4.54. The van der Waals surface area contributed by atoms with Crippen molar-refractivity contribution in [3.63, 3.8) is 0 Å². The van der Waals surface area contributed by atoms with Gasteiger partial charge >= 0.3 is 6.18 Å². The molecule has 0 spiro atoms. The van der Waals surface area contributed by atoms with E-state index >= 15 is 0 Å². The summed E-state index contributed by atoms with van der Waals surface area (Å²) in [5.74, 6) is 0.0705. The molecular weight excluding hydrogens is 363 g/mol.